The predicted octanol–water partition coefficient (Wildman–Crippen LogP) is 6.05. The number of halogens is 2. The third-order valence-corrected chi connectivity index (χ3v) is 8.60. The van der Waals surface area contributed by atoms with Crippen LogP contribution in [0.1, 0.15) is 60.4 Å². The number of hydrogen-bond donors (Lipinski definition) is 2. The monoisotopic (exact) mass is 523 g/mol. The van der Waals surface area contributed by atoms with Gasteiger partial charge in [0, 0.05) is 60.3 Å². The largest absolute Gasteiger partial charge is 0.478 e. The van der Waals surface area contributed by atoms with Crippen LogP contribution in [-0.2, 0) is 11.3 Å². The Labute approximate surface area is 221 Å². The molecular weight excluding hydrogens is 488 g/mol. The van der Waals surface area contributed by atoms with Crippen molar-refractivity contribution in [3.05, 3.63) is 53.3 Å². The fourth-order valence-electron chi connectivity index (χ4n) is 6.62. The van der Waals surface area contributed by atoms with Gasteiger partial charge < -0.3 is 19.7 Å². The molecule has 3 aliphatic rings. The molecule has 2 fully saturated rings. The van der Waals surface area contributed by atoms with E-state index in [0.717, 1.165) is 92.7 Å². The van der Waals surface area contributed by atoms with E-state index < -0.39 is 12.1 Å². The highest BCUT2D eigenvalue weighted by molar-refractivity contribution is 5.99. The number of carboxylic acid groups (broad SMARTS) is 1. The molecule has 3 atom stereocenters. The topological polar surface area (TPSA) is 66.7 Å². The van der Waals surface area contributed by atoms with E-state index in [2.05, 4.69) is 14.8 Å². The van der Waals surface area contributed by atoms with Crippen LogP contribution < -0.4 is 5.32 Å². The molecule has 6 nitrogen and oxygen atoms in total. The molecule has 2 aliphatic heterocycles. The number of carbonyl (C=O) groups is 1. The minimum atomic E-state index is -0.983. The second-order valence-corrected chi connectivity index (χ2v) is 10.9. The Hall–Kier alpha value is -2.97. The maximum absolute atomic E-state index is 15.5. The molecule has 0 amide bonds. The van der Waals surface area contributed by atoms with Gasteiger partial charge in [0.2, 0.25) is 0 Å². The number of alkyl halides is 1. The molecule has 8 heteroatoms. The molecular formula is C30H35F2N3O3. The number of carboxylic acids is 1. The molecule has 3 heterocycles. The minimum absolute atomic E-state index is 0.110. The van der Waals surface area contributed by atoms with E-state index in [9.17, 15) is 14.3 Å². The van der Waals surface area contributed by atoms with E-state index in [1.165, 1.54) is 6.07 Å². The van der Waals surface area contributed by atoms with Crippen LogP contribution in [0.2, 0.25) is 0 Å². The van der Waals surface area contributed by atoms with E-state index in [0.29, 0.717) is 18.7 Å². The first kappa shape index (κ1) is 25.3. The number of rotatable bonds is 5. The minimum Gasteiger partial charge on any atom is -0.478 e. The molecule has 2 aromatic carbocycles. The Kier molecular flexibility index (Phi) is 7.10. The molecule has 0 radical (unpaired) electrons. The average molecular weight is 524 g/mol. The van der Waals surface area contributed by atoms with Crippen LogP contribution in [0.25, 0.3) is 22.2 Å². The second-order valence-electron chi connectivity index (χ2n) is 10.9. The van der Waals surface area contributed by atoms with Crippen molar-refractivity contribution in [1.29, 1.82) is 0 Å². The zero-order valence-corrected chi connectivity index (χ0v) is 21.6. The molecule has 0 bridgehead atoms. The van der Waals surface area contributed by atoms with Gasteiger partial charge in [-0.3, -0.25) is 4.90 Å². The van der Waals surface area contributed by atoms with Gasteiger partial charge in [-0.05, 0) is 61.6 Å². The van der Waals surface area contributed by atoms with Crippen molar-refractivity contribution in [3.8, 4) is 11.3 Å². The summed E-state index contributed by atoms with van der Waals surface area (Å²) in [6.45, 7) is 4.91. The van der Waals surface area contributed by atoms with Gasteiger partial charge in [0.25, 0.3) is 0 Å². The number of nitrogens with zero attached hydrogens (tertiary/aromatic N) is 2. The van der Waals surface area contributed by atoms with Gasteiger partial charge in [-0.25, -0.2) is 13.6 Å². The third kappa shape index (κ3) is 4.80. The van der Waals surface area contributed by atoms with Gasteiger partial charge in [0.05, 0.1) is 24.5 Å². The molecule has 2 N–H and O–H groups in total. The van der Waals surface area contributed by atoms with E-state index >= 15 is 4.39 Å². The van der Waals surface area contributed by atoms with Crippen LogP contribution in [0.4, 0.5) is 14.5 Å². The number of ether oxygens (including phenoxy) is 1. The van der Waals surface area contributed by atoms with Crippen LogP contribution in [0, 0.1) is 5.82 Å². The van der Waals surface area contributed by atoms with Crippen molar-refractivity contribution in [2.75, 3.05) is 38.2 Å². The van der Waals surface area contributed by atoms with Gasteiger partial charge in [-0.1, -0.05) is 18.9 Å². The summed E-state index contributed by atoms with van der Waals surface area (Å²) >= 11 is 0. The first-order valence-electron chi connectivity index (χ1n) is 13.9. The lowest BCUT2D eigenvalue weighted by atomic mass is 9.80. The number of fused-ring (bicyclic) bond motifs is 5. The fraction of sp³-hybridized carbons (Fsp3) is 0.500. The molecule has 1 saturated heterocycles. The molecule has 38 heavy (non-hydrogen) atoms. The first-order chi connectivity index (χ1) is 18.5. The summed E-state index contributed by atoms with van der Waals surface area (Å²) in [5.41, 5.74) is 4.43. The lowest BCUT2D eigenvalue weighted by molar-refractivity contribution is 0.0367. The molecule has 6 rings (SSSR count). The third-order valence-electron chi connectivity index (χ3n) is 8.60. The summed E-state index contributed by atoms with van der Waals surface area (Å²) in [5.74, 6) is -1.57. The van der Waals surface area contributed by atoms with Crippen LogP contribution in [0.5, 0.6) is 0 Å². The lowest BCUT2D eigenvalue weighted by Gasteiger charge is -2.32. The number of aryl methyl sites for hydroxylation is 1. The van der Waals surface area contributed by atoms with Crippen molar-refractivity contribution in [2.45, 2.75) is 63.2 Å². The van der Waals surface area contributed by atoms with Crippen molar-refractivity contribution < 1.29 is 23.4 Å². The normalized spacial score (nSPS) is 24.2. The summed E-state index contributed by atoms with van der Waals surface area (Å²) in [4.78, 5) is 14.3. The van der Waals surface area contributed by atoms with Crippen molar-refractivity contribution >= 4 is 22.6 Å². The summed E-state index contributed by atoms with van der Waals surface area (Å²) < 4.78 is 37.7. The summed E-state index contributed by atoms with van der Waals surface area (Å²) in [5, 5.41) is 14.3. The second kappa shape index (κ2) is 10.7. The SMILES string of the molecule is O=C(O)c1ccc2c(C3CCCC[C@@H]3F)c3n(c2c1)CCC(CCN1CCOCC1)Nc1cc(F)ccc1-3. The van der Waals surface area contributed by atoms with Crippen LogP contribution in [0.15, 0.2) is 36.4 Å². The maximum atomic E-state index is 15.5. The van der Waals surface area contributed by atoms with E-state index in [-0.39, 0.29) is 23.3 Å². The Morgan fingerprint density at radius 1 is 1.05 bits per heavy atom. The number of nitrogens with one attached hydrogen (secondary N) is 1. The van der Waals surface area contributed by atoms with Crippen LogP contribution in [0.3, 0.4) is 0 Å². The van der Waals surface area contributed by atoms with E-state index in [4.69, 9.17) is 4.74 Å². The summed E-state index contributed by atoms with van der Waals surface area (Å²) in [7, 11) is 0. The van der Waals surface area contributed by atoms with E-state index in [1.54, 1.807) is 24.3 Å². The molecule has 1 aliphatic carbocycles. The van der Waals surface area contributed by atoms with Crippen LogP contribution >= 0.6 is 0 Å². The van der Waals surface area contributed by atoms with Crippen molar-refractivity contribution in [3.63, 3.8) is 0 Å². The summed E-state index contributed by atoms with van der Waals surface area (Å²) in [6, 6.07) is 10.1. The average Bonchev–Trinajstić information content (AvgIpc) is 3.22. The molecule has 0 spiro atoms. The van der Waals surface area contributed by atoms with Gasteiger partial charge in [-0.2, -0.15) is 0 Å². The predicted molar refractivity (Wildman–Crippen MR) is 144 cm³/mol. The maximum Gasteiger partial charge on any atom is 0.335 e. The highest BCUT2D eigenvalue weighted by Crippen LogP contribution is 2.47. The Morgan fingerprint density at radius 2 is 1.87 bits per heavy atom. The molecule has 3 aromatic rings. The Bertz CT molecular complexity index is 1330. The van der Waals surface area contributed by atoms with E-state index in [1.807, 2.05) is 6.07 Å². The number of aromatic nitrogens is 1. The zero-order valence-electron chi connectivity index (χ0n) is 21.6. The number of morpholine rings is 1. The van der Waals surface area contributed by atoms with Gasteiger partial charge >= 0.3 is 5.97 Å². The molecule has 1 saturated carbocycles. The number of hydrogen-bond acceptors (Lipinski definition) is 4. The Balaban J connectivity index is 1.47. The Morgan fingerprint density at radius 3 is 2.66 bits per heavy atom. The highest BCUT2D eigenvalue weighted by Gasteiger charge is 2.34. The van der Waals surface area contributed by atoms with Crippen molar-refractivity contribution in [2.24, 2.45) is 0 Å². The molecule has 1 aromatic heterocycles. The smallest absolute Gasteiger partial charge is 0.335 e. The van der Waals surface area contributed by atoms with Crippen LogP contribution in [-0.4, -0.2) is 65.6 Å². The summed E-state index contributed by atoms with van der Waals surface area (Å²) in [6.07, 6.45) is 3.85. The van der Waals surface area contributed by atoms with Gasteiger partial charge in [-0.15, -0.1) is 0 Å². The fourth-order valence-corrected chi connectivity index (χ4v) is 6.62. The molecule has 202 valence electrons. The quantitative estimate of drug-likeness (QED) is 0.426. The lowest BCUT2D eigenvalue weighted by Crippen LogP contribution is -2.39. The van der Waals surface area contributed by atoms with Crippen molar-refractivity contribution in [1.82, 2.24) is 9.47 Å². The number of benzene rings is 2. The highest BCUT2D eigenvalue weighted by atomic mass is 19.1. The first-order valence-corrected chi connectivity index (χ1v) is 13.9. The van der Waals surface area contributed by atoms with Gasteiger partial charge in [0.1, 0.15) is 12.0 Å². The zero-order chi connectivity index (χ0) is 26.2. The number of aromatic carboxylic acids is 1. The van der Waals surface area contributed by atoms with Gasteiger partial charge in [0.15, 0.2) is 0 Å². The number of anilines is 1. The standard InChI is InChI=1S/C30H35F2N3O3/c31-20-6-8-23-26(18-20)33-21(9-11-34-13-15-38-16-14-34)10-12-35-27-17-19(30(36)37)5-7-24(27)28(29(23)35)22-3-1-2-4-25(22)32/h5-8,17-18,21-22,25,33H,1-4,9-16H2,(H,36,37)/t21?,22?,25-/m0/s1. The molecule has 2 unspecified atom stereocenters.